The van der Waals surface area contributed by atoms with Crippen molar-refractivity contribution < 1.29 is 18.5 Å². The van der Waals surface area contributed by atoms with Gasteiger partial charge in [0.1, 0.15) is 11.6 Å². The number of likely N-dealkylation sites (tertiary alicyclic amines) is 1. The Morgan fingerprint density at radius 2 is 2.23 bits per heavy atom. The van der Waals surface area contributed by atoms with Crippen LogP contribution in [-0.2, 0) is 22.6 Å². The molecule has 2 heterocycles. The van der Waals surface area contributed by atoms with E-state index in [0.29, 0.717) is 25.9 Å². The first-order valence-electron chi connectivity index (χ1n) is 8.65. The summed E-state index contributed by atoms with van der Waals surface area (Å²) in [6.07, 6.45) is 1.14. The summed E-state index contributed by atoms with van der Waals surface area (Å²) in [4.78, 5) is 26.0. The molecule has 7 heteroatoms. The van der Waals surface area contributed by atoms with Gasteiger partial charge < -0.3 is 14.7 Å². The van der Waals surface area contributed by atoms with Crippen LogP contribution in [-0.4, -0.2) is 34.5 Å². The first-order chi connectivity index (χ1) is 12.4. The molecule has 1 aliphatic heterocycles. The average Bonchev–Trinajstić information content (AvgIpc) is 3.08. The number of nitrogens with zero attached hydrogens (tertiary/aromatic N) is 2. The van der Waals surface area contributed by atoms with Crippen LogP contribution < -0.4 is 5.32 Å². The molecule has 3 rings (SSSR count). The number of nitrogens with one attached hydrogen (secondary N) is 1. The van der Waals surface area contributed by atoms with Crippen LogP contribution >= 0.6 is 0 Å². The summed E-state index contributed by atoms with van der Waals surface area (Å²) in [7, 11) is 0. The number of hydrogen-bond donors (Lipinski definition) is 1. The molecule has 1 atom stereocenters. The summed E-state index contributed by atoms with van der Waals surface area (Å²) >= 11 is 0. The molecule has 1 saturated heterocycles. The van der Waals surface area contributed by atoms with Crippen molar-refractivity contribution in [3.05, 3.63) is 52.7 Å². The fraction of sp³-hybridized carbons (Fsp3) is 0.421. The van der Waals surface area contributed by atoms with E-state index < -0.39 is 0 Å². The predicted octanol–water partition coefficient (Wildman–Crippen LogP) is 2.28. The van der Waals surface area contributed by atoms with Gasteiger partial charge in [-0.2, -0.15) is 0 Å². The van der Waals surface area contributed by atoms with Crippen LogP contribution in [0.2, 0.25) is 0 Å². The molecule has 0 bridgehead atoms. The monoisotopic (exact) mass is 359 g/mol. The Balaban J connectivity index is 1.50. The van der Waals surface area contributed by atoms with Crippen molar-refractivity contribution in [2.45, 2.75) is 45.7 Å². The van der Waals surface area contributed by atoms with Gasteiger partial charge in [-0.25, -0.2) is 4.39 Å². The van der Waals surface area contributed by atoms with Crippen LogP contribution in [0.15, 0.2) is 28.8 Å². The molecule has 6 nitrogen and oxygen atoms in total. The zero-order valence-corrected chi connectivity index (χ0v) is 14.9. The number of rotatable bonds is 6. The van der Waals surface area contributed by atoms with Crippen LogP contribution in [0, 0.1) is 19.7 Å². The Kier molecular flexibility index (Phi) is 5.35. The van der Waals surface area contributed by atoms with Gasteiger partial charge >= 0.3 is 0 Å². The summed E-state index contributed by atoms with van der Waals surface area (Å²) in [6.45, 7) is 4.46. The second-order valence-electron chi connectivity index (χ2n) is 6.68. The Labute approximate surface area is 151 Å². The highest BCUT2D eigenvalue weighted by molar-refractivity contribution is 5.82. The number of carbonyl (C=O) groups excluding carboxylic acids is 2. The third-order valence-corrected chi connectivity index (χ3v) is 4.63. The lowest BCUT2D eigenvalue weighted by Crippen LogP contribution is -2.37. The maximum Gasteiger partial charge on any atom is 0.225 e. The fourth-order valence-corrected chi connectivity index (χ4v) is 3.27. The van der Waals surface area contributed by atoms with E-state index in [2.05, 4.69) is 10.5 Å². The predicted molar refractivity (Wildman–Crippen MR) is 92.7 cm³/mol. The van der Waals surface area contributed by atoms with Gasteiger partial charge in [0.2, 0.25) is 11.8 Å². The molecule has 0 radical (unpaired) electrons. The van der Waals surface area contributed by atoms with Gasteiger partial charge in [-0.05, 0) is 38.0 Å². The molecule has 0 aliphatic carbocycles. The van der Waals surface area contributed by atoms with Gasteiger partial charge in [-0.1, -0.05) is 17.3 Å². The number of amides is 2. The first-order valence-corrected chi connectivity index (χ1v) is 8.65. The highest BCUT2D eigenvalue weighted by atomic mass is 19.1. The number of carbonyl (C=O) groups is 2. The van der Waals surface area contributed by atoms with Crippen molar-refractivity contribution in [2.75, 3.05) is 6.54 Å². The van der Waals surface area contributed by atoms with E-state index in [0.717, 1.165) is 22.6 Å². The maximum atomic E-state index is 13.3. The van der Waals surface area contributed by atoms with Gasteiger partial charge in [0.05, 0.1) is 11.7 Å². The van der Waals surface area contributed by atoms with Crippen molar-refractivity contribution in [3.63, 3.8) is 0 Å². The van der Waals surface area contributed by atoms with E-state index in [1.807, 2.05) is 13.8 Å². The Morgan fingerprint density at radius 3 is 2.92 bits per heavy atom. The van der Waals surface area contributed by atoms with Crippen molar-refractivity contribution in [2.24, 2.45) is 0 Å². The Bertz CT molecular complexity index is 799. The highest BCUT2D eigenvalue weighted by Crippen LogP contribution is 2.17. The molecule has 1 aromatic carbocycles. The topological polar surface area (TPSA) is 75.4 Å². The largest absolute Gasteiger partial charge is 0.361 e. The number of halogens is 1. The molecule has 1 unspecified atom stereocenters. The van der Waals surface area contributed by atoms with Crippen LogP contribution in [0.4, 0.5) is 4.39 Å². The molecule has 26 heavy (non-hydrogen) atoms. The highest BCUT2D eigenvalue weighted by Gasteiger charge is 2.30. The van der Waals surface area contributed by atoms with Crippen LogP contribution in [0.3, 0.4) is 0 Å². The van der Waals surface area contributed by atoms with Crippen molar-refractivity contribution in [1.29, 1.82) is 0 Å². The van der Waals surface area contributed by atoms with Crippen molar-refractivity contribution in [1.82, 2.24) is 15.4 Å². The minimum absolute atomic E-state index is 0.0368. The van der Waals surface area contributed by atoms with E-state index in [-0.39, 0.29) is 30.1 Å². The summed E-state index contributed by atoms with van der Waals surface area (Å²) in [5, 5.41) is 6.79. The van der Waals surface area contributed by atoms with Crippen molar-refractivity contribution >= 4 is 11.8 Å². The average molecular weight is 359 g/mol. The van der Waals surface area contributed by atoms with E-state index in [9.17, 15) is 14.0 Å². The lowest BCUT2D eigenvalue weighted by atomic mass is 10.1. The van der Waals surface area contributed by atoms with E-state index >= 15 is 0 Å². The minimum atomic E-state index is -0.321. The minimum Gasteiger partial charge on any atom is -0.361 e. The molecule has 0 saturated carbocycles. The molecular formula is C19H22FN3O3. The standard InChI is InChI=1S/C19H22FN3O3/c1-12-17(13(2)26-22-12)6-7-18(24)21-16-9-19(25)23(11-16)10-14-4-3-5-15(20)8-14/h3-5,8,16H,6-7,9-11H2,1-2H3,(H,21,24). The van der Waals surface area contributed by atoms with E-state index in [4.69, 9.17) is 4.52 Å². The number of benzene rings is 1. The summed E-state index contributed by atoms with van der Waals surface area (Å²) in [5.74, 6) is 0.270. The molecule has 0 spiro atoms. The molecule has 1 N–H and O–H groups in total. The number of aromatic nitrogens is 1. The second kappa shape index (κ2) is 7.68. The van der Waals surface area contributed by atoms with Crippen LogP contribution in [0.25, 0.3) is 0 Å². The second-order valence-corrected chi connectivity index (χ2v) is 6.68. The quantitative estimate of drug-likeness (QED) is 0.859. The number of aryl methyl sites for hydroxylation is 2. The summed E-state index contributed by atoms with van der Waals surface area (Å²) in [5.41, 5.74) is 2.49. The maximum absolute atomic E-state index is 13.3. The first kappa shape index (κ1) is 18.1. The molecule has 1 fully saturated rings. The molecule has 1 aromatic heterocycles. The summed E-state index contributed by atoms with van der Waals surface area (Å²) in [6, 6.07) is 5.98. The molecule has 2 amide bonds. The number of hydrogen-bond acceptors (Lipinski definition) is 4. The van der Waals surface area contributed by atoms with Gasteiger partial charge in [0.25, 0.3) is 0 Å². The third-order valence-electron chi connectivity index (χ3n) is 4.63. The lowest BCUT2D eigenvalue weighted by molar-refractivity contribution is -0.128. The summed E-state index contributed by atoms with van der Waals surface area (Å²) < 4.78 is 18.4. The third kappa shape index (κ3) is 4.28. The van der Waals surface area contributed by atoms with Gasteiger partial charge in [0.15, 0.2) is 0 Å². The van der Waals surface area contributed by atoms with Crippen molar-refractivity contribution in [3.8, 4) is 0 Å². The fourth-order valence-electron chi connectivity index (χ4n) is 3.27. The molecular weight excluding hydrogens is 337 g/mol. The van der Waals surface area contributed by atoms with E-state index in [1.165, 1.54) is 12.1 Å². The smallest absolute Gasteiger partial charge is 0.225 e. The zero-order valence-electron chi connectivity index (χ0n) is 14.9. The van der Waals surface area contributed by atoms with Gasteiger partial charge in [-0.3, -0.25) is 9.59 Å². The molecule has 1 aliphatic rings. The van der Waals surface area contributed by atoms with E-state index in [1.54, 1.807) is 17.0 Å². The lowest BCUT2D eigenvalue weighted by Gasteiger charge is -2.17. The van der Waals surface area contributed by atoms with Gasteiger partial charge in [0, 0.05) is 31.5 Å². The Morgan fingerprint density at radius 1 is 1.42 bits per heavy atom. The SMILES string of the molecule is Cc1noc(C)c1CCC(=O)NC1CC(=O)N(Cc2cccc(F)c2)C1. The normalized spacial score (nSPS) is 17.0. The molecule has 2 aromatic rings. The van der Waals surface area contributed by atoms with Crippen LogP contribution in [0.5, 0.6) is 0 Å². The van der Waals surface area contributed by atoms with Gasteiger partial charge in [-0.15, -0.1) is 0 Å². The molecule has 138 valence electrons. The zero-order chi connectivity index (χ0) is 18.7. The van der Waals surface area contributed by atoms with Crippen LogP contribution in [0.1, 0.15) is 35.4 Å². The Hall–Kier alpha value is -2.70.